The molecule has 2 saturated heterocycles. The van der Waals surface area contributed by atoms with Crippen molar-refractivity contribution in [2.75, 3.05) is 45.4 Å². The van der Waals surface area contributed by atoms with Crippen LogP contribution in [0.3, 0.4) is 0 Å². The van der Waals surface area contributed by atoms with Gasteiger partial charge < -0.3 is 19.4 Å². The van der Waals surface area contributed by atoms with Crippen molar-refractivity contribution in [1.82, 2.24) is 9.58 Å². The summed E-state index contributed by atoms with van der Waals surface area (Å²) in [6.45, 7) is 4.10. The van der Waals surface area contributed by atoms with Crippen LogP contribution in [0.25, 0.3) is 10.9 Å². The Labute approximate surface area is 156 Å². The molecular weight excluding hydrogens is 326 g/mol. The van der Waals surface area contributed by atoms with E-state index in [1.54, 1.807) is 0 Å². The Hall–Kier alpha value is -1.72. The topological polar surface area (TPSA) is 29.9 Å². The molecule has 0 saturated carbocycles. The number of piperidine rings is 1. The van der Waals surface area contributed by atoms with Crippen LogP contribution in [0.2, 0.25) is 0 Å². The predicted molar refractivity (Wildman–Crippen MR) is 106 cm³/mol. The normalized spacial score (nSPS) is 22.4. The molecule has 1 unspecified atom stereocenters. The summed E-state index contributed by atoms with van der Waals surface area (Å²) in [5, 5.41) is 3.66. The van der Waals surface area contributed by atoms with Gasteiger partial charge in [-0.2, -0.15) is 0 Å². The van der Waals surface area contributed by atoms with Gasteiger partial charge in [-0.3, -0.25) is 4.68 Å². The third-order valence-corrected chi connectivity index (χ3v) is 6.09. The van der Waals surface area contributed by atoms with E-state index in [4.69, 9.17) is 9.47 Å². The van der Waals surface area contributed by atoms with Crippen molar-refractivity contribution in [2.45, 2.75) is 44.2 Å². The van der Waals surface area contributed by atoms with E-state index in [0.717, 1.165) is 44.7 Å². The van der Waals surface area contributed by atoms with E-state index >= 15 is 0 Å². The first-order valence-electron chi connectivity index (χ1n) is 9.97. The first kappa shape index (κ1) is 17.7. The Kier molecular flexibility index (Phi) is 5.36. The van der Waals surface area contributed by atoms with Crippen LogP contribution in [-0.2, 0) is 4.74 Å². The second-order valence-electron chi connectivity index (χ2n) is 7.68. The van der Waals surface area contributed by atoms with Gasteiger partial charge in [0.2, 0.25) is 0 Å². The Morgan fingerprint density at radius 1 is 1.08 bits per heavy atom. The van der Waals surface area contributed by atoms with Crippen LogP contribution in [0, 0.1) is 0 Å². The molecule has 1 aromatic carbocycles. The average molecular weight is 357 g/mol. The highest BCUT2D eigenvalue weighted by Gasteiger charge is 2.21. The number of hydrogen-bond acceptors (Lipinski definition) is 4. The van der Waals surface area contributed by atoms with Crippen molar-refractivity contribution in [1.29, 1.82) is 0 Å². The van der Waals surface area contributed by atoms with E-state index in [0.29, 0.717) is 12.1 Å². The number of rotatable bonds is 6. The van der Waals surface area contributed by atoms with Crippen molar-refractivity contribution >= 4 is 10.9 Å². The summed E-state index contributed by atoms with van der Waals surface area (Å²) < 4.78 is 13.8. The van der Waals surface area contributed by atoms with E-state index in [1.807, 2.05) is 7.11 Å². The van der Waals surface area contributed by atoms with Crippen LogP contribution >= 0.6 is 0 Å². The first-order chi connectivity index (χ1) is 12.7. The molecule has 3 heterocycles. The van der Waals surface area contributed by atoms with E-state index in [-0.39, 0.29) is 0 Å². The second kappa shape index (κ2) is 7.89. The molecule has 4 rings (SSSR count). The van der Waals surface area contributed by atoms with Crippen molar-refractivity contribution < 1.29 is 9.47 Å². The largest absolute Gasteiger partial charge is 0.494 e. The van der Waals surface area contributed by atoms with Crippen molar-refractivity contribution in [3.8, 4) is 5.75 Å². The fourth-order valence-corrected chi connectivity index (χ4v) is 4.39. The zero-order valence-corrected chi connectivity index (χ0v) is 16.1. The second-order valence-corrected chi connectivity index (χ2v) is 7.68. The highest BCUT2D eigenvalue weighted by Crippen LogP contribution is 2.25. The minimum Gasteiger partial charge on any atom is -0.494 e. The number of likely N-dealkylation sites (tertiary alicyclic amines) is 1. The minimum absolute atomic E-state index is 0.409. The summed E-state index contributed by atoms with van der Waals surface area (Å²) in [7, 11) is 4.04. The number of fused-ring (bicyclic) bond motifs is 1. The molecule has 5 heteroatoms. The summed E-state index contributed by atoms with van der Waals surface area (Å²) in [5.74, 6) is 0.981. The maximum absolute atomic E-state index is 6.04. The molecule has 2 aliphatic rings. The molecule has 2 aliphatic heterocycles. The zero-order valence-electron chi connectivity index (χ0n) is 16.1. The van der Waals surface area contributed by atoms with E-state index in [2.05, 4.69) is 52.1 Å². The van der Waals surface area contributed by atoms with Crippen LogP contribution < -0.4 is 9.75 Å². The fourth-order valence-electron chi connectivity index (χ4n) is 4.39. The standard InChI is InChI=1S/C21H31N3O2/c1-22-11-3-4-18(22)10-15-26-20-5-6-21-17(16-20)7-14-24(21)23-12-8-19(25-2)9-13-23/h5-7,14,16,18-19H,3-4,8-13,15H2,1-2H3. The quantitative estimate of drug-likeness (QED) is 0.794. The average Bonchev–Trinajstić information content (AvgIpc) is 3.28. The van der Waals surface area contributed by atoms with Gasteiger partial charge in [-0.25, -0.2) is 0 Å². The number of ether oxygens (including phenoxy) is 2. The smallest absolute Gasteiger partial charge is 0.120 e. The van der Waals surface area contributed by atoms with Gasteiger partial charge in [-0.15, -0.1) is 0 Å². The summed E-state index contributed by atoms with van der Waals surface area (Å²) >= 11 is 0. The SMILES string of the molecule is COC1CCN(n2ccc3cc(OCCC4CCCN4C)ccc32)CC1. The Bertz CT molecular complexity index is 721. The molecule has 1 atom stereocenters. The molecule has 0 N–H and O–H groups in total. The lowest BCUT2D eigenvalue weighted by molar-refractivity contribution is 0.0778. The molecule has 2 fully saturated rings. The number of benzene rings is 1. The molecule has 0 spiro atoms. The molecule has 0 aliphatic carbocycles. The lowest BCUT2D eigenvalue weighted by Crippen LogP contribution is -2.43. The maximum atomic E-state index is 6.04. The third kappa shape index (κ3) is 3.69. The third-order valence-electron chi connectivity index (χ3n) is 6.09. The van der Waals surface area contributed by atoms with E-state index in [1.165, 1.54) is 30.3 Å². The van der Waals surface area contributed by atoms with Crippen LogP contribution in [0.15, 0.2) is 30.5 Å². The summed E-state index contributed by atoms with van der Waals surface area (Å²) in [6, 6.07) is 9.35. The monoisotopic (exact) mass is 357 g/mol. The molecule has 0 radical (unpaired) electrons. The van der Waals surface area contributed by atoms with Gasteiger partial charge in [0, 0.05) is 37.8 Å². The van der Waals surface area contributed by atoms with Crippen LogP contribution in [0.5, 0.6) is 5.75 Å². The number of hydrogen-bond donors (Lipinski definition) is 0. The van der Waals surface area contributed by atoms with Crippen molar-refractivity contribution in [2.24, 2.45) is 0 Å². The van der Waals surface area contributed by atoms with Crippen LogP contribution in [0.4, 0.5) is 0 Å². The molecule has 142 valence electrons. The highest BCUT2D eigenvalue weighted by atomic mass is 16.5. The van der Waals surface area contributed by atoms with E-state index in [9.17, 15) is 0 Å². The van der Waals surface area contributed by atoms with E-state index < -0.39 is 0 Å². The Morgan fingerprint density at radius 2 is 1.92 bits per heavy atom. The van der Waals surface area contributed by atoms with Gasteiger partial charge in [0.1, 0.15) is 5.75 Å². The molecule has 0 amide bonds. The first-order valence-corrected chi connectivity index (χ1v) is 9.97. The summed E-state index contributed by atoms with van der Waals surface area (Å²) in [5.41, 5.74) is 1.25. The Balaban J connectivity index is 1.37. The molecule has 26 heavy (non-hydrogen) atoms. The van der Waals surface area contributed by atoms with Gasteiger partial charge in [0.15, 0.2) is 0 Å². The van der Waals surface area contributed by atoms with Gasteiger partial charge in [-0.05, 0) is 70.0 Å². The van der Waals surface area contributed by atoms with Crippen LogP contribution in [0.1, 0.15) is 32.1 Å². The lowest BCUT2D eigenvalue weighted by Gasteiger charge is -2.34. The van der Waals surface area contributed by atoms with Gasteiger partial charge >= 0.3 is 0 Å². The number of nitrogens with zero attached hydrogens (tertiary/aromatic N) is 3. The zero-order chi connectivity index (χ0) is 17.9. The van der Waals surface area contributed by atoms with Gasteiger partial charge in [0.05, 0.1) is 18.2 Å². The lowest BCUT2D eigenvalue weighted by atomic mass is 10.1. The molecule has 1 aromatic heterocycles. The predicted octanol–water partition coefficient (Wildman–Crippen LogP) is 3.25. The molecule has 2 aromatic rings. The minimum atomic E-state index is 0.409. The molecule has 5 nitrogen and oxygen atoms in total. The number of aromatic nitrogens is 1. The van der Waals surface area contributed by atoms with Gasteiger partial charge in [0.25, 0.3) is 0 Å². The highest BCUT2D eigenvalue weighted by molar-refractivity contribution is 5.82. The Morgan fingerprint density at radius 3 is 2.65 bits per heavy atom. The van der Waals surface area contributed by atoms with Crippen LogP contribution in [-0.4, -0.2) is 62.1 Å². The van der Waals surface area contributed by atoms with Crippen molar-refractivity contribution in [3.63, 3.8) is 0 Å². The maximum Gasteiger partial charge on any atom is 0.120 e. The summed E-state index contributed by atoms with van der Waals surface area (Å²) in [4.78, 5) is 2.46. The molecular formula is C21H31N3O2. The molecule has 0 bridgehead atoms. The van der Waals surface area contributed by atoms with Gasteiger partial charge in [-0.1, -0.05) is 0 Å². The van der Waals surface area contributed by atoms with Crippen molar-refractivity contribution in [3.05, 3.63) is 30.5 Å². The number of methoxy groups -OCH3 is 1. The summed E-state index contributed by atoms with van der Waals surface area (Å²) in [6.07, 6.45) is 8.51. The fraction of sp³-hybridized carbons (Fsp3) is 0.619.